The van der Waals surface area contributed by atoms with Gasteiger partial charge in [-0.15, -0.1) is 11.3 Å². The first-order valence-electron chi connectivity index (χ1n) is 8.02. The molecule has 1 aromatic carbocycles. The van der Waals surface area contributed by atoms with E-state index in [1.165, 1.54) is 4.88 Å². The van der Waals surface area contributed by atoms with E-state index in [1.54, 1.807) is 11.3 Å². The van der Waals surface area contributed by atoms with Crippen molar-refractivity contribution in [2.24, 2.45) is 5.92 Å². The van der Waals surface area contributed by atoms with Crippen LogP contribution in [0.4, 0.5) is 0 Å². The average molecular weight is 331 g/mol. The SMILES string of the molecule is CC(C)OCc1ccc(C(=O)N[C@H](c2cccs2)C(C)C)cc1. The molecule has 0 fully saturated rings. The summed E-state index contributed by atoms with van der Waals surface area (Å²) in [6.07, 6.45) is 0.204. The molecule has 0 aliphatic heterocycles. The van der Waals surface area contributed by atoms with Crippen molar-refractivity contribution in [2.75, 3.05) is 0 Å². The van der Waals surface area contributed by atoms with Crippen LogP contribution in [0.2, 0.25) is 0 Å². The molecule has 0 radical (unpaired) electrons. The van der Waals surface area contributed by atoms with Crippen LogP contribution in [0.3, 0.4) is 0 Å². The normalized spacial score (nSPS) is 12.6. The van der Waals surface area contributed by atoms with Gasteiger partial charge in [-0.2, -0.15) is 0 Å². The van der Waals surface area contributed by atoms with Crippen molar-refractivity contribution in [1.82, 2.24) is 5.32 Å². The summed E-state index contributed by atoms with van der Waals surface area (Å²) in [5.41, 5.74) is 1.76. The van der Waals surface area contributed by atoms with E-state index in [9.17, 15) is 4.79 Å². The summed E-state index contributed by atoms with van der Waals surface area (Å²) in [5.74, 6) is 0.310. The van der Waals surface area contributed by atoms with Gasteiger partial charge in [0, 0.05) is 10.4 Å². The molecule has 1 atom stereocenters. The summed E-state index contributed by atoms with van der Waals surface area (Å²) >= 11 is 1.68. The highest BCUT2D eigenvalue weighted by atomic mass is 32.1. The van der Waals surface area contributed by atoms with Gasteiger partial charge in [-0.1, -0.05) is 32.0 Å². The lowest BCUT2D eigenvalue weighted by Gasteiger charge is -2.21. The number of ether oxygens (including phenoxy) is 1. The number of hydrogen-bond acceptors (Lipinski definition) is 3. The van der Waals surface area contributed by atoms with Gasteiger partial charge in [0.05, 0.1) is 18.8 Å². The zero-order valence-electron chi connectivity index (χ0n) is 14.2. The summed E-state index contributed by atoms with van der Waals surface area (Å²) in [4.78, 5) is 13.7. The summed E-state index contributed by atoms with van der Waals surface area (Å²) in [6.45, 7) is 8.84. The summed E-state index contributed by atoms with van der Waals surface area (Å²) < 4.78 is 5.57. The largest absolute Gasteiger partial charge is 0.374 e. The summed E-state index contributed by atoms with van der Waals surface area (Å²) in [5, 5.41) is 5.19. The minimum absolute atomic E-state index is 0.0339. The highest BCUT2D eigenvalue weighted by molar-refractivity contribution is 7.10. The van der Waals surface area contributed by atoms with Gasteiger partial charge in [0.15, 0.2) is 0 Å². The number of benzene rings is 1. The molecule has 0 saturated heterocycles. The van der Waals surface area contributed by atoms with E-state index in [1.807, 2.05) is 49.6 Å². The second kappa shape index (κ2) is 8.27. The Balaban J connectivity index is 2.02. The van der Waals surface area contributed by atoms with Crippen molar-refractivity contribution in [3.63, 3.8) is 0 Å². The lowest BCUT2D eigenvalue weighted by molar-refractivity contribution is 0.0656. The molecule has 0 saturated carbocycles. The lowest BCUT2D eigenvalue weighted by Crippen LogP contribution is -2.31. The number of carbonyl (C=O) groups excluding carboxylic acids is 1. The number of rotatable bonds is 7. The molecule has 1 amide bonds. The van der Waals surface area contributed by atoms with Crippen LogP contribution in [-0.4, -0.2) is 12.0 Å². The van der Waals surface area contributed by atoms with Crippen LogP contribution in [0.15, 0.2) is 41.8 Å². The Bertz CT molecular complexity index is 603. The third-order valence-corrected chi connectivity index (χ3v) is 4.56. The maximum atomic E-state index is 12.5. The van der Waals surface area contributed by atoms with Gasteiger partial charge < -0.3 is 10.1 Å². The predicted molar refractivity (Wildman–Crippen MR) is 95.7 cm³/mol. The summed E-state index contributed by atoms with van der Waals surface area (Å²) in [6, 6.07) is 11.8. The fourth-order valence-electron chi connectivity index (χ4n) is 2.27. The van der Waals surface area contributed by atoms with Gasteiger partial charge >= 0.3 is 0 Å². The molecule has 3 nitrogen and oxygen atoms in total. The zero-order chi connectivity index (χ0) is 16.8. The maximum absolute atomic E-state index is 12.5. The van der Waals surface area contributed by atoms with Crippen molar-refractivity contribution >= 4 is 17.2 Å². The van der Waals surface area contributed by atoms with Crippen LogP contribution in [0, 0.1) is 5.92 Å². The van der Waals surface area contributed by atoms with Crippen molar-refractivity contribution < 1.29 is 9.53 Å². The molecule has 2 rings (SSSR count). The maximum Gasteiger partial charge on any atom is 0.251 e. The van der Waals surface area contributed by atoms with Crippen LogP contribution in [0.5, 0.6) is 0 Å². The number of carbonyl (C=O) groups is 1. The minimum atomic E-state index is -0.0339. The van der Waals surface area contributed by atoms with Crippen LogP contribution < -0.4 is 5.32 Å². The van der Waals surface area contributed by atoms with E-state index >= 15 is 0 Å². The van der Waals surface area contributed by atoms with E-state index in [0.29, 0.717) is 18.1 Å². The van der Waals surface area contributed by atoms with Crippen LogP contribution >= 0.6 is 11.3 Å². The topological polar surface area (TPSA) is 38.3 Å². The standard InChI is InChI=1S/C19H25NO2S/c1-13(2)18(17-6-5-11-23-17)20-19(21)16-9-7-15(8-10-16)12-22-14(3)4/h5-11,13-14,18H,12H2,1-4H3,(H,20,21)/t18-/m0/s1. The number of amides is 1. The van der Waals surface area contributed by atoms with Gasteiger partial charge in [0.2, 0.25) is 0 Å². The van der Waals surface area contributed by atoms with E-state index in [-0.39, 0.29) is 18.1 Å². The first-order chi connectivity index (χ1) is 11.0. The van der Waals surface area contributed by atoms with Crippen molar-refractivity contribution in [2.45, 2.75) is 46.4 Å². The zero-order valence-corrected chi connectivity index (χ0v) is 15.0. The first-order valence-corrected chi connectivity index (χ1v) is 8.90. The summed E-state index contributed by atoms with van der Waals surface area (Å²) in [7, 11) is 0. The molecule has 1 heterocycles. The van der Waals surface area contributed by atoms with Gasteiger partial charge in [-0.05, 0) is 48.9 Å². The molecule has 2 aromatic rings. The smallest absolute Gasteiger partial charge is 0.251 e. The molecule has 124 valence electrons. The molecule has 0 bridgehead atoms. The molecule has 0 spiro atoms. The first kappa shape index (κ1) is 17.7. The van der Waals surface area contributed by atoms with Crippen LogP contribution in [0.1, 0.15) is 54.5 Å². The molecule has 23 heavy (non-hydrogen) atoms. The molecule has 4 heteroatoms. The Kier molecular flexibility index (Phi) is 6.37. The minimum Gasteiger partial charge on any atom is -0.374 e. The van der Waals surface area contributed by atoms with E-state index in [0.717, 1.165) is 5.56 Å². The lowest BCUT2D eigenvalue weighted by atomic mass is 10.0. The molecule has 0 unspecified atom stereocenters. The molecular formula is C19H25NO2S. The Labute approximate surface area is 142 Å². The average Bonchev–Trinajstić information content (AvgIpc) is 3.04. The van der Waals surface area contributed by atoms with Crippen LogP contribution in [-0.2, 0) is 11.3 Å². The highest BCUT2D eigenvalue weighted by Gasteiger charge is 2.19. The second-order valence-corrected chi connectivity index (χ2v) is 7.25. The number of hydrogen-bond donors (Lipinski definition) is 1. The van der Waals surface area contributed by atoms with Gasteiger partial charge in [0.25, 0.3) is 5.91 Å². The van der Waals surface area contributed by atoms with Crippen molar-refractivity contribution in [3.05, 3.63) is 57.8 Å². The third kappa shape index (κ3) is 5.19. The highest BCUT2D eigenvalue weighted by Crippen LogP contribution is 2.26. The predicted octanol–water partition coefficient (Wildman–Crippen LogP) is 4.80. The fourth-order valence-corrected chi connectivity index (χ4v) is 3.22. The van der Waals surface area contributed by atoms with E-state index in [4.69, 9.17) is 4.74 Å². The fraction of sp³-hybridized carbons (Fsp3) is 0.421. The monoisotopic (exact) mass is 331 g/mol. The molecular weight excluding hydrogens is 306 g/mol. The third-order valence-electron chi connectivity index (χ3n) is 3.60. The van der Waals surface area contributed by atoms with Crippen molar-refractivity contribution in [1.29, 1.82) is 0 Å². The molecule has 1 aromatic heterocycles. The Morgan fingerprint density at radius 3 is 2.35 bits per heavy atom. The number of nitrogens with one attached hydrogen (secondary N) is 1. The Morgan fingerprint density at radius 1 is 1.13 bits per heavy atom. The van der Waals surface area contributed by atoms with Gasteiger partial charge in [-0.25, -0.2) is 0 Å². The van der Waals surface area contributed by atoms with Crippen LogP contribution in [0.25, 0.3) is 0 Å². The quantitative estimate of drug-likeness (QED) is 0.791. The molecule has 1 N–H and O–H groups in total. The molecule has 0 aliphatic carbocycles. The van der Waals surface area contributed by atoms with Gasteiger partial charge in [0.1, 0.15) is 0 Å². The van der Waals surface area contributed by atoms with Gasteiger partial charge in [-0.3, -0.25) is 4.79 Å². The Morgan fingerprint density at radius 2 is 1.83 bits per heavy atom. The van der Waals surface area contributed by atoms with Crippen molar-refractivity contribution in [3.8, 4) is 0 Å². The Hall–Kier alpha value is -1.65. The number of thiophene rings is 1. The van der Waals surface area contributed by atoms with E-state index in [2.05, 4.69) is 25.2 Å². The second-order valence-electron chi connectivity index (χ2n) is 6.27. The van der Waals surface area contributed by atoms with E-state index < -0.39 is 0 Å². The molecule has 0 aliphatic rings.